The number of methoxy groups -OCH3 is 1. The van der Waals surface area contributed by atoms with Crippen LogP contribution >= 0.6 is 11.6 Å². The predicted octanol–water partition coefficient (Wildman–Crippen LogP) is 3.78. The molecular weight excluding hydrogens is 420 g/mol. The zero-order valence-electron chi connectivity index (χ0n) is 17.6. The van der Waals surface area contributed by atoms with Gasteiger partial charge in [-0.15, -0.1) is 0 Å². The number of rotatable bonds is 5. The van der Waals surface area contributed by atoms with Crippen molar-refractivity contribution in [2.75, 3.05) is 12.0 Å². The summed E-state index contributed by atoms with van der Waals surface area (Å²) in [5, 5.41) is 0.480. The smallest absolute Gasteiger partial charge is 0.354 e. The van der Waals surface area contributed by atoms with Crippen molar-refractivity contribution in [1.29, 1.82) is 0 Å². The average molecular weight is 443 g/mol. The van der Waals surface area contributed by atoms with E-state index in [1.807, 2.05) is 13.8 Å². The lowest BCUT2D eigenvalue weighted by atomic mass is 9.95. The van der Waals surface area contributed by atoms with Crippen molar-refractivity contribution >= 4 is 35.1 Å². The van der Waals surface area contributed by atoms with Crippen molar-refractivity contribution in [1.82, 2.24) is 4.90 Å². The first-order valence-corrected chi connectivity index (χ1v) is 10.4. The van der Waals surface area contributed by atoms with E-state index in [1.165, 1.54) is 16.9 Å². The Kier molecular flexibility index (Phi) is 5.39. The maximum absolute atomic E-state index is 13.6. The van der Waals surface area contributed by atoms with Crippen molar-refractivity contribution in [2.45, 2.75) is 45.0 Å². The van der Waals surface area contributed by atoms with Gasteiger partial charge in [0, 0.05) is 29.5 Å². The largest absolute Gasteiger partial charge is 0.496 e. The summed E-state index contributed by atoms with van der Waals surface area (Å²) >= 11 is 6.08. The number of para-hydroxylation sites is 1. The van der Waals surface area contributed by atoms with Crippen LogP contribution < -0.4 is 9.64 Å². The molecule has 2 aromatic rings. The van der Waals surface area contributed by atoms with Crippen LogP contribution in [0.15, 0.2) is 42.5 Å². The second-order valence-electron chi connectivity index (χ2n) is 7.86. The molecular formula is C23H23ClN2O5. The molecule has 2 aliphatic heterocycles. The van der Waals surface area contributed by atoms with Crippen LogP contribution in [0.5, 0.6) is 5.75 Å². The number of carbonyl (C=O) groups excluding carboxylic acids is 3. The Morgan fingerprint density at radius 2 is 1.94 bits per heavy atom. The number of fused-ring (bicyclic) bond motifs is 3. The number of carbonyl (C=O) groups is 3. The first-order chi connectivity index (χ1) is 14.8. The highest BCUT2D eigenvalue weighted by atomic mass is 35.5. The molecule has 1 unspecified atom stereocenters. The minimum atomic E-state index is -1.53. The summed E-state index contributed by atoms with van der Waals surface area (Å²) in [6.07, 6.45) is 0.302. The van der Waals surface area contributed by atoms with E-state index in [0.717, 1.165) is 0 Å². The molecule has 1 saturated heterocycles. The van der Waals surface area contributed by atoms with Crippen LogP contribution in [-0.4, -0.2) is 41.5 Å². The summed E-state index contributed by atoms with van der Waals surface area (Å²) in [6.45, 7) is 3.54. The molecule has 1 fully saturated rings. The molecule has 2 aromatic carbocycles. The van der Waals surface area contributed by atoms with Crippen molar-refractivity contribution in [3.05, 3.63) is 58.6 Å². The number of benzene rings is 2. The van der Waals surface area contributed by atoms with Crippen LogP contribution in [0.25, 0.3) is 0 Å². The molecule has 8 heteroatoms. The Bertz CT molecular complexity index is 1070. The Morgan fingerprint density at radius 3 is 2.65 bits per heavy atom. The van der Waals surface area contributed by atoms with Gasteiger partial charge in [-0.25, -0.2) is 4.79 Å². The third kappa shape index (κ3) is 3.24. The quantitative estimate of drug-likeness (QED) is 0.658. The van der Waals surface area contributed by atoms with Crippen LogP contribution in [-0.2, 0) is 20.9 Å². The van der Waals surface area contributed by atoms with Gasteiger partial charge in [-0.3, -0.25) is 14.5 Å². The normalized spacial score (nSPS) is 20.0. The molecule has 2 amide bonds. The van der Waals surface area contributed by atoms with E-state index in [-0.39, 0.29) is 37.3 Å². The Morgan fingerprint density at radius 1 is 1.19 bits per heavy atom. The third-order valence-corrected chi connectivity index (χ3v) is 5.98. The Labute approximate surface area is 185 Å². The summed E-state index contributed by atoms with van der Waals surface area (Å²) in [7, 11) is 1.52. The van der Waals surface area contributed by atoms with E-state index >= 15 is 0 Å². The standard InChI is InChI=1S/C23H23ClN2O5/c1-14(2)25-21(28)17-6-4-5-7-18(17)26-20(27)10-11-23(25,26)22(29)31-13-15-12-16(24)8-9-19(15)30-3/h4-9,12,14H,10-11,13H2,1-3H3. The van der Waals surface area contributed by atoms with E-state index < -0.39 is 11.6 Å². The lowest BCUT2D eigenvalue weighted by molar-refractivity contribution is -0.159. The average Bonchev–Trinajstić information content (AvgIpc) is 3.10. The monoisotopic (exact) mass is 442 g/mol. The minimum absolute atomic E-state index is 0.103. The second-order valence-corrected chi connectivity index (χ2v) is 8.30. The molecule has 0 N–H and O–H groups in total. The topological polar surface area (TPSA) is 76.1 Å². The first-order valence-electron chi connectivity index (χ1n) is 10.1. The minimum Gasteiger partial charge on any atom is -0.496 e. The molecule has 0 radical (unpaired) electrons. The zero-order valence-corrected chi connectivity index (χ0v) is 18.3. The Balaban J connectivity index is 1.75. The van der Waals surface area contributed by atoms with E-state index in [0.29, 0.717) is 27.6 Å². The van der Waals surface area contributed by atoms with Gasteiger partial charge < -0.3 is 14.4 Å². The molecule has 162 valence electrons. The van der Waals surface area contributed by atoms with Crippen LogP contribution in [0.1, 0.15) is 42.6 Å². The summed E-state index contributed by atoms with van der Waals surface area (Å²) in [4.78, 5) is 42.8. The zero-order chi connectivity index (χ0) is 22.3. The van der Waals surface area contributed by atoms with Gasteiger partial charge in [0.05, 0.1) is 18.4 Å². The van der Waals surface area contributed by atoms with Crippen LogP contribution in [0.2, 0.25) is 5.02 Å². The number of esters is 1. The highest BCUT2D eigenvalue weighted by Gasteiger charge is 2.62. The number of anilines is 1. The summed E-state index contributed by atoms with van der Waals surface area (Å²) in [5.74, 6) is -0.645. The van der Waals surface area contributed by atoms with E-state index in [9.17, 15) is 14.4 Å². The van der Waals surface area contributed by atoms with Crippen LogP contribution in [0.3, 0.4) is 0 Å². The van der Waals surface area contributed by atoms with Crippen LogP contribution in [0.4, 0.5) is 5.69 Å². The van der Waals surface area contributed by atoms with E-state index in [1.54, 1.807) is 42.5 Å². The lowest BCUT2D eigenvalue weighted by Gasteiger charge is -2.50. The van der Waals surface area contributed by atoms with Gasteiger partial charge in [-0.05, 0) is 44.2 Å². The molecule has 2 heterocycles. The highest BCUT2D eigenvalue weighted by molar-refractivity contribution is 6.30. The summed E-state index contributed by atoms with van der Waals surface area (Å²) in [6, 6.07) is 11.5. The van der Waals surface area contributed by atoms with Crippen molar-refractivity contribution in [3.8, 4) is 5.75 Å². The number of ether oxygens (including phenoxy) is 2. The SMILES string of the molecule is COc1ccc(Cl)cc1COC(=O)C12CCC(=O)N1c1ccccc1C(=O)N2C(C)C. The van der Waals surface area contributed by atoms with E-state index in [4.69, 9.17) is 21.1 Å². The lowest BCUT2D eigenvalue weighted by Crippen LogP contribution is -2.70. The number of amides is 2. The summed E-state index contributed by atoms with van der Waals surface area (Å²) < 4.78 is 11.0. The second kappa shape index (κ2) is 7.89. The fourth-order valence-electron chi connectivity index (χ4n) is 4.49. The first kappa shape index (κ1) is 21.2. The molecule has 0 saturated carbocycles. The van der Waals surface area contributed by atoms with Gasteiger partial charge in [0.15, 0.2) is 0 Å². The van der Waals surface area contributed by atoms with Crippen molar-refractivity contribution < 1.29 is 23.9 Å². The molecule has 31 heavy (non-hydrogen) atoms. The fraction of sp³-hybridized carbons (Fsp3) is 0.348. The van der Waals surface area contributed by atoms with Gasteiger partial charge >= 0.3 is 5.97 Å². The molecule has 0 bridgehead atoms. The highest BCUT2D eigenvalue weighted by Crippen LogP contribution is 2.46. The Hall–Kier alpha value is -3.06. The number of hydrogen-bond acceptors (Lipinski definition) is 5. The molecule has 0 aliphatic carbocycles. The fourth-order valence-corrected chi connectivity index (χ4v) is 4.69. The van der Waals surface area contributed by atoms with Gasteiger partial charge in [0.1, 0.15) is 12.4 Å². The molecule has 1 atom stereocenters. The summed E-state index contributed by atoms with van der Waals surface area (Å²) in [5.41, 5.74) is -0.104. The van der Waals surface area contributed by atoms with Gasteiger partial charge in [0.25, 0.3) is 5.91 Å². The van der Waals surface area contributed by atoms with Gasteiger partial charge in [-0.2, -0.15) is 0 Å². The third-order valence-electron chi connectivity index (χ3n) is 5.74. The number of halogens is 1. The van der Waals surface area contributed by atoms with Gasteiger partial charge in [-0.1, -0.05) is 23.7 Å². The predicted molar refractivity (Wildman–Crippen MR) is 115 cm³/mol. The number of nitrogens with zero attached hydrogens (tertiary/aromatic N) is 2. The number of hydrogen-bond donors (Lipinski definition) is 0. The van der Waals surface area contributed by atoms with Crippen molar-refractivity contribution in [3.63, 3.8) is 0 Å². The maximum atomic E-state index is 13.6. The molecule has 2 aliphatic rings. The van der Waals surface area contributed by atoms with Crippen LogP contribution in [0, 0.1) is 0 Å². The molecule has 0 spiro atoms. The molecule has 4 rings (SSSR count). The van der Waals surface area contributed by atoms with E-state index in [2.05, 4.69) is 0 Å². The molecule has 0 aromatic heterocycles. The van der Waals surface area contributed by atoms with Crippen molar-refractivity contribution in [2.24, 2.45) is 0 Å². The molecule has 7 nitrogen and oxygen atoms in total. The van der Waals surface area contributed by atoms with Gasteiger partial charge in [0.2, 0.25) is 11.6 Å². The maximum Gasteiger partial charge on any atom is 0.354 e.